The van der Waals surface area contributed by atoms with Crippen molar-refractivity contribution in [3.8, 4) is 0 Å². The fourth-order valence-electron chi connectivity index (χ4n) is 2.84. The van der Waals surface area contributed by atoms with Gasteiger partial charge < -0.3 is 9.52 Å². The van der Waals surface area contributed by atoms with Gasteiger partial charge in [0.05, 0.1) is 6.54 Å². The molecule has 2 aliphatic heterocycles. The number of aliphatic hydroxyl groups excluding tert-OH is 1. The van der Waals surface area contributed by atoms with Crippen LogP contribution >= 0.6 is 0 Å². The topological polar surface area (TPSA) is 36.6 Å². The Hall–Kier alpha value is -1.06. The van der Waals surface area contributed by atoms with Crippen LogP contribution in [0.5, 0.6) is 0 Å². The third kappa shape index (κ3) is 1.70. The van der Waals surface area contributed by atoms with Crippen LogP contribution in [0.3, 0.4) is 0 Å². The molecule has 1 fully saturated rings. The average Bonchev–Trinajstić information content (AvgIpc) is 2.82. The molecule has 16 heavy (non-hydrogen) atoms. The molecule has 0 spiro atoms. The first kappa shape index (κ1) is 10.1. The lowest BCUT2D eigenvalue weighted by molar-refractivity contribution is 0.177. The number of hydrogen-bond donors (Lipinski definition) is 1. The second-order valence-electron chi connectivity index (χ2n) is 4.66. The van der Waals surface area contributed by atoms with Crippen molar-refractivity contribution in [2.24, 2.45) is 0 Å². The summed E-state index contributed by atoms with van der Waals surface area (Å²) in [6.45, 7) is 0.867. The number of furan rings is 1. The van der Waals surface area contributed by atoms with Gasteiger partial charge in [-0.2, -0.15) is 0 Å². The third-order valence-electron chi connectivity index (χ3n) is 3.67. The largest absolute Gasteiger partial charge is 0.462 e. The minimum Gasteiger partial charge on any atom is -0.462 e. The lowest BCUT2D eigenvalue weighted by Crippen LogP contribution is -2.36. The summed E-state index contributed by atoms with van der Waals surface area (Å²) >= 11 is 0. The van der Waals surface area contributed by atoms with Gasteiger partial charge in [0.2, 0.25) is 0 Å². The summed E-state index contributed by atoms with van der Waals surface area (Å²) in [6, 6.07) is 5.12. The van der Waals surface area contributed by atoms with Crippen LogP contribution in [0.4, 0.5) is 0 Å². The Bertz CT molecular complexity index is 396. The van der Waals surface area contributed by atoms with Crippen molar-refractivity contribution in [2.75, 3.05) is 0 Å². The third-order valence-corrected chi connectivity index (χ3v) is 3.67. The molecule has 0 amide bonds. The van der Waals surface area contributed by atoms with Crippen LogP contribution in [0.25, 0.3) is 0 Å². The van der Waals surface area contributed by atoms with Gasteiger partial charge >= 0.3 is 0 Å². The fourth-order valence-corrected chi connectivity index (χ4v) is 2.84. The molecule has 0 aliphatic carbocycles. The van der Waals surface area contributed by atoms with Crippen molar-refractivity contribution in [3.05, 3.63) is 35.8 Å². The Morgan fingerprint density at radius 3 is 2.94 bits per heavy atom. The Balaban J connectivity index is 1.73. The minimum atomic E-state index is -0.00718. The molecular weight excluding hydrogens is 202 g/mol. The van der Waals surface area contributed by atoms with E-state index in [-0.39, 0.29) is 6.61 Å². The van der Waals surface area contributed by atoms with Crippen molar-refractivity contribution in [3.63, 3.8) is 0 Å². The zero-order valence-electron chi connectivity index (χ0n) is 9.30. The van der Waals surface area contributed by atoms with Gasteiger partial charge in [0.25, 0.3) is 0 Å². The lowest BCUT2D eigenvalue weighted by Gasteiger charge is -2.30. The molecule has 2 atom stereocenters. The van der Waals surface area contributed by atoms with Crippen molar-refractivity contribution < 1.29 is 9.52 Å². The molecule has 1 aromatic heterocycles. The summed E-state index contributed by atoms with van der Waals surface area (Å²) in [4.78, 5) is 2.51. The highest BCUT2D eigenvalue weighted by Crippen LogP contribution is 2.32. The number of nitrogens with zero attached hydrogens (tertiary/aromatic N) is 1. The molecule has 1 N–H and O–H groups in total. The Kier molecular flexibility index (Phi) is 2.58. The molecule has 3 nitrogen and oxygen atoms in total. The molecule has 0 saturated carbocycles. The first-order valence-corrected chi connectivity index (χ1v) is 5.97. The summed E-state index contributed by atoms with van der Waals surface area (Å²) in [5, 5.41) is 8.95. The fraction of sp³-hybridized carbons (Fsp3) is 0.538. The van der Waals surface area contributed by atoms with Crippen molar-refractivity contribution in [1.82, 2.24) is 4.90 Å². The van der Waals surface area contributed by atoms with E-state index in [2.05, 4.69) is 17.1 Å². The molecule has 86 valence electrons. The van der Waals surface area contributed by atoms with Crippen molar-refractivity contribution >= 4 is 0 Å². The Morgan fingerprint density at radius 1 is 1.31 bits per heavy atom. The van der Waals surface area contributed by atoms with E-state index in [9.17, 15) is 0 Å². The van der Waals surface area contributed by atoms with Crippen LogP contribution in [0.2, 0.25) is 0 Å². The zero-order valence-corrected chi connectivity index (χ0v) is 9.30. The number of fused-ring (bicyclic) bond motifs is 2. The van der Waals surface area contributed by atoms with Crippen molar-refractivity contribution in [2.45, 2.75) is 44.5 Å². The van der Waals surface area contributed by atoms with Gasteiger partial charge in [-0.25, -0.2) is 0 Å². The van der Waals surface area contributed by atoms with Crippen LogP contribution in [0, 0.1) is 0 Å². The molecule has 0 aromatic carbocycles. The van der Waals surface area contributed by atoms with E-state index in [1.54, 1.807) is 0 Å². The first-order chi connectivity index (χ1) is 7.86. The van der Waals surface area contributed by atoms with Gasteiger partial charge in [0.1, 0.15) is 18.1 Å². The van der Waals surface area contributed by atoms with E-state index in [0.29, 0.717) is 17.8 Å². The summed E-state index contributed by atoms with van der Waals surface area (Å²) in [7, 11) is 0. The van der Waals surface area contributed by atoms with Crippen LogP contribution in [-0.2, 0) is 13.2 Å². The molecule has 3 heteroatoms. The number of rotatable bonds is 3. The smallest absolute Gasteiger partial charge is 0.129 e. The summed E-state index contributed by atoms with van der Waals surface area (Å²) in [6.07, 6.45) is 8.36. The SMILES string of the molecule is OCc1ccc(CN2C3C=CCC2CC3)o1. The van der Waals surface area contributed by atoms with E-state index in [4.69, 9.17) is 9.52 Å². The summed E-state index contributed by atoms with van der Waals surface area (Å²) < 4.78 is 5.54. The van der Waals surface area contributed by atoms with Gasteiger partial charge in [0.15, 0.2) is 0 Å². The Morgan fingerprint density at radius 2 is 2.19 bits per heavy atom. The van der Waals surface area contributed by atoms with Gasteiger partial charge in [-0.15, -0.1) is 0 Å². The summed E-state index contributed by atoms with van der Waals surface area (Å²) in [5.41, 5.74) is 0. The molecule has 2 bridgehead atoms. The van der Waals surface area contributed by atoms with E-state index in [1.165, 1.54) is 19.3 Å². The number of hydrogen-bond acceptors (Lipinski definition) is 3. The molecule has 2 aliphatic rings. The second-order valence-corrected chi connectivity index (χ2v) is 4.66. The van der Waals surface area contributed by atoms with E-state index >= 15 is 0 Å². The van der Waals surface area contributed by atoms with Gasteiger partial charge in [0, 0.05) is 12.1 Å². The monoisotopic (exact) mass is 219 g/mol. The van der Waals surface area contributed by atoms with Gasteiger partial charge in [-0.05, 0) is 31.4 Å². The van der Waals surface area contributed by atoms with Gasteiger partial charge in [-0.1, -0.05) is 12.2 Å². The van der Waals surface area contributed by atoms with E-state index < -0.39 is 0 Å². The highest BCUT2D eigenvalue weighted by atomic mass is 16.4. The minimum absolute atomic E-state index is 0.00718. The van der Waals surface area contributed by atoms with E-state index in [0.717, 1.165) is 12.3 Å². The van der Waals surface area contributed by atoms with E-state index in [1.807, 2.05) is 12.1 Å². The molecule has 1 aromatic rings. The Labute approximate surface area is 95.4 Å². The van der Waals surface area contributed by atoms with Crippen molar-refractivity contribution in [1.29, 1.82) is 0 Å². The van der Waals surface area contributed by atoms with Gasteiger partial charge in [-0.3, -0.25) is 4.90 Å². The van der Waals surface area contributed by atoms with Crippen LogP contribution in [-0.4, -0.2) is 22.1 Å². The molecule has 3 heterocycles. The van der Waals surface area contributed by atoms with Crippen LogP contribution in [0.1, 0.15) is 30.8 Å². The average molecular weight is 219 g/mol. The zero-order chi connectivity index (χ0) is 11.0. The predicted octanol–water partition coefficient (Wildman–Crippen LogP) is 2.06. The lowest BCUT2D eigenvalue weighted by atomic mass is 10.1. The quantitative estimate of drug-likeness (QED) is 0.791. The number of aliphatic hydroxyl groups is 1. The normalized spacial score (nSPS) is 28.8. The highest BCUT2D eigenvalue weighted by molar-refractivity contribution is 5.12. The molecule has 2 unspecified atom stereocenters. The van der Waals surface area contributed by atoms with Crippen LogP contribution in [0.15, 0.2) is 28.7 Å². The second kappa shape index (κ2) is 4.07. The predicted molar refractivity (Wildman–Crippen MR) is 60.7 cm³/mol. The highest BCUT2D eigenvalue weighted by Gasteiger charge is 2.33. The molecule has 3 rings (SSSR count). The maximum Gasteiger partial charge on any atom is 0.129 e. The molecule has 1 saturated heterocycles. The molecular formula is C13H17NO2. The summed E-state index contributed by atoms with van der Waals surface area (Å²) in [5.74, 6) is 1.63. The maximum atomic E-state index is 8.95. The standard InChI is InChI=1S/C13H17NO2/c15-9-13-7-6-12(16-13)8-14-10-2-1-3-11(14)5-4-10/h1-2,6-7,10-11,15H,3-5,8-9H2. The van der Waals surface area contributed by atoms with Crippen LogP contribution < -0.4 is 0 Å². The first-order valence-electron chi connectivity index (χ1n) is 5.97. The maximum absolute atomic E-state index is 8.95. The molecule has 0 radical (unpaired) electrons.